The number of carbonyl (C=O) groups excluding carboxylic acids is 2. The Morgan fingerprint density at radius 3 is 1.81 bits per heavy atom. The van der Waals surface area contributed by atoms with Crippen LogP contribution in [0.15, 0.2) is 12.1 Å². The zero-order valence-electron chi connectivity index (χ0n) is 12.5. The second-order valence-electron chi connectivity index (χ2n) is 4.97. The van der Waals surface area contributed by atoms with E-state index in [9.17, 15) is 9.59 Å². The number of ether oxygens (including phenoxy) is 1. The van der Waals surface area contributed by atoms with Gasteiger partial charge in [0.1, 0.15) is 12.0 Å². The van der Waals surface area contributed by atoms with Crippen LogP contribution in [0.3, 0.4) is 0 Å². The molecule has 0 aliphatic heterocycles. The topological polar surface area (TPSA) is 104 Å². The average molecular weight is 298 g/mol. The summed E-state index contributed by atoms with van der Waals surface area (Å²) in [5.74, 6) is 0.433. The van der Waals surface area contributed by atoms with Crippen LogP contribution in [0.4, 0.5) is 0 Å². The van der Waals surface area contributed by atoms with Crippen LogP contribution in [0.5, 0.6) is 5.75 Å². The maximum absolute atomic E-state index is 10.6. The first-order valence-corrected chi connectivity index (χ1v) is 6.33. The van der Waals surface area contributed by atoms with E-state index in [4.69, 9.17) is 20.1 Å². The van der Waals surface area contributed by atoms with Gasteiger partial charge in [-0.3, -0.25) is 9.59 Å². The van der Waals surface area contributed by atoms with Crippen molar-refractivity contribution < 1.29 is 29.6 Å². The molecule has 0 radical (unpaired) electrons. The minimum absolute atomic E-state index is 0.181. The number of benzene rings is 1. The summed E-state index contributed by atoms with van der Waals surface area (Å²) < 4.78 is 4.94. The van der Waals surface area contributed by atoms with Crippen molar-refractivity contribution in [3.05, 3.63) is 28.8 Å². The van der Waals surface area contributed by atoms with Crippen molar-refractivity contribution in [2.45, 2.75) is 13.8 Å². The number of methoxy groups -OCH3 is 1. The molecule has 1 rings (SSSR count). The molecule has 0 atom stereocenters. The largest absolute Gasteiger partial charge is 0.496 e. The molecular weight excluding hydrogens is 276 g/mol. The van der Waals surface area contributed by atoms with Crippen molar-refractivity contribution in [1.82, 2.24) is 0 Å². The highest BCUT2D eigenvalue weighted by Crippen LogP contribution is 2.20. The lowest BCUT2D eigenvalue weighted by molar-refractivity contribution is 0.0200. The maximum atomic E-state index is 10.6. The van der Waals surface area contributed by atoms with Crippen molar-refractivity contribution >= 4 is 12.6 Å². The van der Waals surface area contributed by atoms with Gasteiger partial charge in [0, 0.05) is 11.0 Å². The summed E-state index contributed by atoms with van der Waals surface area (Å²) in [5.41, 5.74) is 1.07. The molecule has 0 bridgehead atoms. The van der Waals surface area contributed by atoms with E-state index in [1.807, 2.05) is 0 Å². The van der Waals surface area contributed by atoms with Crippen LogP contribution in [0.1, 0.15) is 33.2 Å². The maximum Gasteiger partial charge on any atom is 0.153 e. The van der Waals surface area contributed by atoms with Crippen molar-refractivity contribution in [3.8, 4) is 5.75 Å². The number of aldehydes is 2. The molecule has 118 valence electrons. The molecule has 0 amide bonds. The molecule has 0 saturated carbocycles. The molecule has 1 aromatic carbocycles. The van der Waals surface area contributed by atoms with Crippen molar-refractivity contribution in [3.63, 3.8) is 0 Å². The number of aryl methyl sites for hydroxylation is 1. The van der Waals surface area contributed by atoms with Crippen molar-refractivity contribution in [2.75, 3.05) is 26.9 Å². The van der Waals surface area contributed by atoms with E-state index in [0.717, 1.165) is 11.8 Å². The number of hydrogen-bond donors (Lipinski definition) is 3. The molecule has 1 aromatic rings. The van der Waals surface area contributed by atoms with Crippen LogP contribution in [0.25, 0.3) is 0 Å². The second kappa shape index (κ2) is 9.23. The van der Waals surface area contributed by atoms with Gasteiger partial charge in [-0.15, -0.1) is 0 Å². The number of aliphatic hydroxyl groups is 3. The van der Waals surface area contributed by atoms with Crippen LogP contribution in [0.2, 0.25) is 0 Å². The Kier molecular flexibility index (Phi) is 8.45. The fraction of sp³-hybridized carbons (Fsp3) is 0.467. The molecule has 0 spiro atoms. The van der Waals surface area contributed by atoms with Crippen LogP contribution in [0, 0.1) is 12.3 Å². The lowest BCUT2D eigenvalue weighted by Crippen LogP contribution is -2.29. The van der Waals surface area contributed by atoms with Crippen LogP contribution in [-0.2, 0) is 0 Å². The Morgan fingerprint density at radius 1 is 1.05 bits per heavy atom. The second-order valence-corrected chi connectivity index (χ2v) is 4.97. The third kappa shape index (κ3) is 5.63. The predicted molar refractivity (Wildman–Crippen MR) is 77.9 cm³/mol. The highest BCUT2D eigenvalue weighted by atomic mass is 16.5. The Morgan fingerprint density at radius 2 is 1.52 bits per heavy atom. The van der Waals surface area contributed by atoms with Gasteiger partial charge in [-0.2, -0.15) is 0 Å². The SMILES string of the molecule is CC(CO)(CO)CO.COc1cc(C=O)c(C)cc1C=O. The molecule has 0 aliphatic rings. The van der Waals surface area contributed by atoms with E-state index in [1.165, 1.54) is 7.11 Å². The zero-order valence-corrected chi connectivity index (χ0v) is 12.5. The van der Waals surface area contributed by atoms with E-state index in [-0.39, 0.29) is 19.8 Å². The molecule has 0 saturated heterocycles. The summed E-state index contributed by atoms with van der Waals surface area (Å²) in [4.78, 5) is 21.1. The van der Waals surface area contributed by atoms with E-state index < -0.39 is 5.41 Å². The van der Waals surface area contributed by atoms with Crippen molar-refractivity contribution in [2.24, 2.45) is 5.41 Å². The highest BCUT2D eigenvalue weighted by molar-refractivity contribution is 5.85. The molecule has 6 nitrogen and oxygen atoms in total. The fourth-order valence-corrected chi connectivity index (χ4v) is 1.27. The van der Waals surface area contributed by atoms with Gasteiger partial charge in [0.25, 0.3) is 0 Å². The van der Waals surface area contributed by atoms with Crippen LogP contribution < -0.4 is 4.74 Å². The van der Waals surface area contributed by atoms with E-state index in [2.05, 4.69) is 0 Å². The number of hydrogen-bond acceptors (Lipinski definition) is 6. The van der Waals surface area contributed by atoms with Gasteiger partial charge < -0.3 is 20.1 Å². The van der Waals surface area contributed by atoms with E-state index >= 15 is 0 Å². The summed E-state index contributed by atoms with van der Waals surface area (Å²) in [6.45, 7) is 2.84. The predicted octanol–water partition coefficient (Wildman–Crippen LogP) is 0.598. The van der Waals surface area contributed by atoms with Gasteiger partial charge in [0.15, 0.2) is 6.29 Å². The molecule has 0 aliphatic carbocycles. The average Bonchev–Trinajstić information content (AvgIpc) is 2.54. The Hall–Kier alpha value is -1.76. The summed E-state index contributed by atoms with van der Waals surface area (Å²) in [6.07, 6.45) is 1.45. The monoisotopic (exact) mass is 298 g/mol. The molecule has 6 heteroatoms. The highest BCUT2D eigenvalue weighted by Gasteiger charge is 2.20. The van der Waals surface area contributed by atoms with Gasteiger partial charge >= 0.3 is 0 Å². The van der Waals surface area contributed by atoms with Gasteiger partial charge in [-0.25, -0.2) is 0 Å². The smallest absolute Gasteiger partial charge is 0.153 e. The van der Waals surface area contributed by atoms with Crippen molar-refractivity contribution in [1.29, 1.82) is 0 Å². The molecule has 3 N–H and O–H groups in total. The zero-order chi connectivity index (χ0) is 16.5. The Bertz CT molecular complexity index is 457. The van der Waals surface area contributed by atoms with Gasteiger partial charge in [0.2, 0.25) is 0 Å². The summed E-state index contributed by atoms with van der Waals surface area (Å²) >= 11 is 0. The number of rotatable bonds is 6. The third-order valence-corrected chi connectivity index (χ3v) is 3.02. The van der Waals surface area contributed by atoms with Gasteiger partial charge in [0.05, 0.1) is 32.5 Å². The first-order valence-electron chi connectivity index (χ1n) is 6.33. The fourth-order valence-electron chi connectivity index (χ4n) is 1.27. The molecule has 0 unspecified atom stereocenters. The number of carbonyl (C=O) groups is 2. The number of aliphatic hydroxyl groups excluding tert-OH is 3. The Labute approximate surface area is 124 Å². The normalized spacial score (nSPS) is 10.4. The molecule has 0 heterocycles. The molecule has 21 heavy (non-hydrogen) atoms. The Balaban J connectivity index is 0.000000433. The quantitative estimate of drug-likeness (QED) is 0.664. The van der Waals surface area contributed by atoms with E-state index in [1.54, 1.807) is 26.0 Å². The van der Waals surface area contributed by atoms with E-state index in [0.29, 0.717) is 23.2 Å². The molecule has 0 aromatic heterocycles. The van der Waals surface area contributed by atoms with Crippen LogP contribution in [-0.4, -0.2) is 54.8 Å². The minimum atomic E-state index is -0.708. The lowest BCUT2D eigenvalue weighted by Gasteiger charge is -2.20. The first kappa shape index (κ1) is 19.2. The third-order valence-electron chi connectivity index (χ3n) is 3.02. The minimum Gasteiger partial charge on any atom is -0.496 e. The lowest BCUT2D eigenvalue weighted by atomic mass is 9.95. The standard InChI is InChI=1S/C10H10O3.C5H12O3/c1-7-3-9(6-12)10(13-2)4-8(7)5-11;1-5(2-6,3-7)4-8/h3-6H,1-2H3;6-8H,2-4H2,1H3. The summed E-state index contributed by atoms with van der Waals surface area (Å²) in [7, 11) is 1.46. The summed E-state index contributed by atoms with van der Waals surface area (Å²) in [5, 5.41) is 25.4. The molecular formula is C15H22O6. The summed E-state index contributed by atoms with van der Waals surface area (Å²) in [6, 6.07) is 3.20. The van der Waals surface area contributed by atoms with Gasteiger partial charge in [-0.05, 0) is 24.6 Å². The van der Waals surface area contributed by atoms with Crippen LogP contribution >= 0.6 is 0 Å². The first-order chi connectivity index (χ1) is 9.91. The van der Waals surface area contributed by atoms with Gasteiger partial charge in [-0.1, -0.05) is 6.92 Å². The molecule has 0 fully saturated rings.